The number of rotatable bonds is 8. The molecule has 2 saturated carbocycles. The second kappa shape index (κ2) is 6.55. The van der Waals surface area contributed by atoms with E-state index in [1.165, 1.54) is 19.3 Å². The smallest absolute Gasteiger partial charge is 0.0689 e. The fourth-order valence-corrected chi connectivity index (χ4v) is 4.60. The van der Waals surface area contributed by atoms with Crippen LogP contribution in [-0.4, -0.2) is 48.5 Å². The number of aliphatic hydroxyl groups is 1. The number of hydrogen-bond donors (Lipinski definition) is 1. The predicted octanol–water partition coefficient (Wildman–Crippen LogP) is 3.31. The summed E-state index contributed by atoms with van der Waals surface area (Å²) < 4.78 is 6.22. The van der Waals surface area contributed by atoms with Gasteiger partial charge in [0.2, 0.25) is 0 Å². The minimum absolute atomic E-state index is 0.260. The Hall–Kier alpha value is -0.120. The van der Waals surface area contributed by atoms with Crippen molar-refractivity contribution in [3.05, 3.63) is 0 Å². The zero-order valence-corrected chi connectivity index (χ0v) is 14.7. The van der Waals surface area contributed by atoms with Gasteiger partial charge < -0.3 is 14.7 Å². The van der Waals surface area contributed by atoms with E-state index in [4.69, 9.17) is 4.74 Å². The minimum atomic E-state index is -0.260. The normalized spacial score (nSPS) is 35.6. The Labute approximate surface area is 131 Å². The number of aliphatic hydroxyl groups excluding tert-OH is 1. The highest BCUT2D eigenvalue weighted by atomic mass is 16.5. The van der Waals surface area contributed by atoms with Gasteiger partial charge in [0, 0.05) is 13.2 Å². The molecule has 3 heteroatoms. The maximum absolute atomic E-state index is 10.1. The topological polar surface area (TPSA) is 32.7 Å². The van der Waals surface area contributed by atoms with Gasteiger partial charge in [-0.05, 0) is 55.5 Å². The van der Waals surface area contributed by atoms with Gasteiger partial charge in [-0.3, -0.25) is 0 Å². The van der Waals surface area contributed by atoms with Crippen molar-refractivity contribution in [3.63, 3.8) is 0 Å². The molecule has 0 aromatic carbocycles. The molecule has 4 atom stereocenters. The van der Waals surface area contributed by atoms with Gasteiger partial charge in [0.1, 0.15) is 0 Å². The monoisotopic (exact) mass is 297 g/mol. The zero-order chi connectivity index (χ0) is 15.7. The Morgan fingerprint density at radius 2 is 1.90 bits per heavy atom. The summed E-state index contributed by atoms with van der Waals surface area (Å²) in [7, 11) is 0. The molecule has 0 aromatic rings. The summed E-state index contributed by atoms with van der Waals surface area (Å²) in [5.41, 5.74) is 0.749. The molecule has 0 heterocycles. The maximum Gasteiger partial charge on any atom is 0.0689 e. The molecule has 0 radical (unpaired) electrons. The van der Waals surface area contributed by atoms with Crippen LogP contribution >= 0.6 is 0 Å². The maximum atomic E-state index is 10.1. The summed E-state index contributed by atoms with van der Waals surface area (Å²) in [6, 6.07) is 0. The Morgan fingerprint density at radius 1 is 1.24 bits per heavy atom. The number of fused-ring (bicyclic) bond motifs is 2. The average molecular weight is 297 g/mol. The van der Waals surface area contributed by atoms with Crippen molar-refractivity contribution in [2.75, 3.05) is 26.2 Å². The van der Waals surface area contributed by atoms with Crippen molar-refractivity contribution in [2.45, 2.75) is 72.5 Å². The third-order valence-corrected chi connectivity index (χ3v) is 6.85. The van der Waals surface area contributed by atoms with Gasteiger partial charge in [0.25, 0.3) is 0 Å². The second-order valence-electron chi connectivity index (χ2n) is 7.90. The number of ether oxygens (including phenoxy) is 1. The van der Waals surface area contributed by atoms with Crippen molar-refractivity contribution < 1.29 is 9.84 Å². The molecule has 21 heavy (non-hydrogen) atoms. The fraction of sp³-hybridized carbons (Fsp3) is 1.00. The highest BCUT2D eigenvalue weighted by Gasteiger charge is 2.61. The quantitative estimate of drug-likeness (QED) is 0.746. The predicted molar refractivity (Wildman–Crippen MR) is 87.4 cm³/mol. The Bertz CT molecular complexity index is 340. The van der Waals surface area contributed by atoms with Crippen molar-refractivity contribution in [1.82, 2.24) is 4.90 Å². The summed E-state index contributed by atoms with van der Waals surface area (Å²) in [6.07, 6.45) is 4.78. The lowest BCUT2D eigenvalue weighted by molar-refractivity contribution is -0.0562. The second-order valence-corrected chi connectivity index (χ2v) is 7.90. The molecule has 0 saturated heterocycles. The summed E-state index contributed by atoms with van der Waals surface area (Å²) in [4.78, 5) is 2.27. The Kier molecular flexibility index (Phi) is 5.38. The molecule has 2 fully saturated rings. The lowest BCUT2D eigenvalue weighted by Crippen LogP contribution is -2.38. The van der Waals surface area contributed by atoms with Crippen molar-refractivity contribution in [2.24, 2.45) is 16.7 Å². The van der Waals surface area contributed by atoms with E-state index in [0.29, 0.717) is 23.5 Å². The average Bonchev–Trinajstić information content (AvgIpc) is 2.78. The molecule has 0 aliphatic heterocycles. The lowest BCUT2D eigenvalue weighted by atomic mass is 9.70. The summed E-state index contributed by atoms with van der Waals surface area (Å²) in [6.45, 7) is 15.0. The number of likely N-dealkylation sites (N-methyl/N-ethyl adjacent to an activating group) is 1. The highest BCUT2D eigenvalue weighted by Crippen LogP contribution is 2.66. The van der Waals surface area contributed by atoms with Gasteiger partial charge >= 0.3 is 0 Å². The lowest BCUT2D eigenvalue weighted by Gasteiger charge is -2.39. The first-order chi connectivity index (χ1) is 9.85. The van der Waals surface area contributed by atoms with Crippen LogP contribution in [0.3, 0.4) is 0 Å². The molecule has 124 valence electrons. The number of nitrogens with zero attached hydrogens (tertiary/aromatic N) is 1. The molecule has 3 nitrogen and oxygen atoms in total. The molecule has 2 bridgehead atoms. The van der Waals surface area contributed by atoms with Crippen LogP contribution in [0.5, 0.6) is 0 Å². The van der Waals surface area contributed by atoms with E-state index in [1.54, 1.807) is 0 Å². The van der Waals surface area contributed by atoms with Crippen LogP contribution in [0.25, 0.3) is 0 Å². The van der Waals surface area contributed by atoms with Gasteiger partial charge in [-0.2, -0.15) is 0 Å². The standard InChI is InChI=1S/C18H35NO2/c1-6-19(7-2)13-15(20)9-11-21-16-12-14-8-10-18(16,5)17(14,3)4/h14-16,20H,6-13H2,1-5H3/t14-,15-,16-,18-/m1/s1. The van der Waals surface area contributed by atoms with Gasteiger partial charge in [0.05, 0.1) is 12.2 Å². The van der Waals surface area contributed by atoms with Gasteiger partial charge in [-0.15, -0.1) is 0 Å². The molecule has 2 aliphatic rings. The van der Waals surface area contributed by atoms with Gasteiger partial charge in [-0.1, -0.05) is 34.6 Å². The van der Waals surface area contributed by atoms with Crippen molar-refractivity contribution >= 4 is 0 Å². The molecule has 2 rings (SSSR count). The van der Waals surface area contributed by atoms with Crippen LogP contribution in [-0.2, 0) is 4.74 Å². The van der Waals surface area contributed by atoms with E-state index in [2.05, 4.69) is 39.5 Å². The van der Waals surface area contributed by atoms with Crippen LogP contribution < -0.4 is 0 Å². The first-order valence-electron chi connectivity index (χ1n) is 8.87. The van der Waals surface area contributed by atoms with E-state index in [9.17, 15) is 5.11 Å². The van der Waals surface area contributed by atoms with E-state index in [0.717, 1.165) is 32.0 Å². The summed E-state index contributed by atoms with van der Waals surface area (Å²) in [5.74, 6) is 0.827. The molecule has 1 N–H and O–H groups in total. The molecular formula is C18H35NO2. The largest absolute Gasteiger partial charge is 0.392 e. The summed E-state index contributed by atoms with van der Waals surface area (Å²) >= 11 is 0. The molecule has 0 amide bonds. The SMILES string of the molecule is CCN(CC)C[C@H](O)CCO[C@@H]1C[C@H]2CC[C@@]1(C)C2(C)C. The molecule has 0 unspecified atom stereocenters. The minimum Gasteiger partial charge on any atom is -0.392 e. The van der Waals surface area contributed by atoms with Crippen molar-refractivity contribution in [3.8, 4) is 0 Å². The first-order valence-corrected chi connectivity index (χ1v) is 8.87. The van der Waals surface area contributed by atoms with Crippen LogP contribution in [0.15, 0.2) is 0 Å². The fourth-order valence-electron chi connectivity index (χ4n) is 4.60. The van der Waals surface area contributed by atoms with Crippen LogP contribution in [0.2, 0.25) is 0 Å². The van der Waals surface area contributed by atoms with Crippen LogP contribution in [0.4, 0.5) is 0 Å². The molecular weight excluding hydrogens is 262 g/mol. The first kappa shape index (κ1) is 17.2. The van der Waals surface area contributed by atoms with Gasteiger partial charge in [-0.25, -0.2) is 0 Å². The number of hydrogen-bond acceptors (Lipinski definition) is 3. The van der Waals surface area contributed by atoms with E-state index < -0.39 is 0 Å². The summed E-state index contributed by atoms with van der Waals surface area (Å²) in [5, 5.41) is 10.1. The third-order valence-electron chi connectivity index (χ3n) is 6.85. The van der Waals surface area contributed by atoms with E-state index in [-0.39, 0.29) is 6.10 Å². The Morgan fingerprint density at radius 3 is 2.38 bits per heavy atom. The van der Waals surface area contributed by atoms with Crippen LogP contribution in [0, 0.1) is 16.7 Å². The molecule has 0 spiro atoms. The van der Waals surface area contributed by atoms with Crippen molar-refractivity contribution in [1.29, 1.82) is 0 Å². The third kappa shape index (κ3) is 3.16. The van der Waals surface area contributed by atoms with E-state index in [1.807, 2.05) is 0 Å². The zero-order valence-electron chi connectivity index (χ0n) is 14.7. The highest BCUT2D eigenvalue weighted by molar-refractivity contribution is 5.11. The molecule has 2 aliphatic carbocycles. The molecule has 0 aromatic heterocycles. The Balaban J connectivity index is 1.75. The van der Waals surface area contributed by atoms with E-state index >= 15 is 0 Å². The van der Waals surface area contributed by atoms with Crippen LogP contribution in [0.1, 0.15) is 60.3 Å². The van der Waals surface area contributed by atoms with Gasteiger partial charge in [0.15, 0.2) is 0 Å².